The number of nitriles is 1. The van der Waals surface area contributed by atoms with E-state index in [-0.39, 0.29) is 23.5 Å². The van der Waals surface area contributed by atoms with Gasteiger partial charge in [0.05, 0.1) is 29.6 Å². The van der Waals surface area contributed by atoms with Crippen molar-refractivity contribution in [2.24, 2.45) is 5.41 Å². The first-order chi connectivity index (χ1) is 7.33. The topological polar surface area (TPSA) is 67.2 Å². The van der Waals surface area contributed by atoms with Gasteiger partial charge >= 0.3 is 0 Å². The van der Waals surface area contributed by atoms with E-state index in [0.717, 1.165) is 12.8 Å². The van der Waals surface area contributed by atoms with Crippen LogP contribution in [0, 0.1) is 16.7 Å². The Kier molecular flexibility index (Phi) is 6.61. The van der Waals surface area contributed by atoms with Gasteiger partial charge < -0.3 is 4.74 Å². The van der Waals surface area contributed by atoms with Crippen molar-refractivity contribution in [3.63, 3.8) is 0 Å². The summed E-state index contributed by atoms with van der Waals surface area (Å²) >= 11 is 0. The van der Waals surface area contributed by atoms with Crippen LogP contribution in [-0.4, -0.2) is 33.6 Å². The molecule has 0 aliphatic heterocycles. The molecule has 0 heterocycles. The number of sulfone groups is 1. The highest BCUT2D eigenvalue weighted by Gasteiger charge is 2.17. The lowest BCUT2D eigenvalue weighted by atomic mass is 9.89. The fourth-order valence-electron chi connectivity index (χ4n) is 1.26. The van der Waals surface area contributed by atoms with Crippen molar-refractivity contribution in [1.82, 2.24) is 0 Å². The van der Waals surface area contributed by atoms with Gasteiger partial charge in [0, 0.05) is 7.11 Å². The molecule has 0 atom stereocenters. The summed E-state index contributed by atoms with van der Waals surface area (Å²) in [5.74, 6) is 0.281. The lowest BCUT2D eigenvalue weighted by Crippen LogP contribution is -2.15. The van der Waals surface area contributed by atoms with E-state index in [9.17, 15) is 8.42 Å². The molecule has 5 heteroatoms. The molecule has 0 saturated carbocycles. The highest BCUT2D eigenvalue weighted by Crippen LogP contribution is 2.21. The van der Waals surface area contributed by atoms with Crippen LogP contribution in [0.4, 0.5) is 0 Å². The molecule has 94 valence electrons. The Hall–Kier alpha value is -0.600. The molecule has 0 saturated heterocycles. The quantitative estimate of drug-likeness (QED) is 0.613. The van der Waals surface area contributed by atoms with Crippen molar-refractivity contribution in [2.75, 3.05) is 25.2 Å². The van der Waals surface area contributed by atoms with Crippen LogP contribution in [0.1, 0.15) is 33.1 Å². The minimum absolute atomic E-state index is 0.0884. The van der Waals surface area contributed by atoms with E-state index in [1.807, 2.05) is 13.8 Å². The van der Waals surface area contributed by atoms with Crippen LogP contribution < -0.4 is 0 Å². The Balaban J connectivity index is 3.79. The maximum absolute atomic E-state index is 11.4. The number of unbranched alkanes of at least 4 members (excludes halogenated alkanes) is 1. The van der Waals surface area contributed by atoms with Crippen LogP contribution in [0.3, 0.4) is 0 Å². The van der Waals surface area contributed by atoms with Crippen molar-refractivity contribution in [3.05, 3.63) is 0 Å². The predicted octanol–water partition coefficient (Wildman–Crippen LogP) is 1.77. The summed E-state index contributed by atoms with van der Waals surface area (Å²) in [5, 5.41) is 8.78. The molecule has 0 rings (SSSR count). The molecule has 0 aromatic carbocycles. The molecule has 0 unspecified atom stereocenters. The van der Waals surface area contributed by atoms with Crippen molar-refractivity contribution in [1.29, 1.82) is 5.26 Å². The van der Waals surface area contributed by atoms with Gasteiger partial charge in [-0.25, -0.2) is 8.42 Å². The fourth-order valence-corrected chi connectivity index (χ4v) is 2.53. The van der Waals surface area contributed by atoms with Gasteiger partial charge in [-0.3, -0.25) is 0 Å². The van der Waals surface area contributed by atoms with E-state index in [2.05, 4.69) is 6.07 Å². The van der Waals surface area contributed by atoms with E-state index in [1.165, 1.54) is 7.11 Å². The van der Waals surface area contributed by atoms with Crippen LogP contribution in [0.25, 0.3) is 0 Å². The molecule has 0 aromatic heterocycles. The third-order valence-corrected chi connectivity index (χ3v) is 4.11. The maximum atomic E-state index is 11.4. The van der Waals surface area contributed by atoms with Gasteiger partial charge in [0.2, 0.25) is 0 Å². The fraction of sp³-hybridized carbons (Fsp3) is 0.909. The molecule has 4 nitrogen and oxygen atoms in total. The molecular weight excluding hydrogens is 226 g/mol. The average Bonchev–Trinajstić information content (AvgIpc) is 2.22. The third-order valence-electron chi connectivity index (χ3n) is 2.41. The first-order valence-corrected chi connectivity index (χ1v) is 7.26. The minimum atomic E-state index is -2.98. The van der Waals surface area contributed by atoms with Crippen LogP contribution in [0.2, 0.25) is 0 Å². The Morgan fingerprint density at radius 2 is 1.88 bits per heavy atom. The lowest BCUT2D eigenvalue weighted by molar-refractivity contribution is 0.217. The van der Waals surface area contributed by atoms with Crippen molar-refractivity contribution in [2.45, 2.75) is 33.1 Å². The van der Waals surface area contributed by atoms with Crippen LogP contribution in [-0.2, 0) is 14.6 Å². The van der Waals surface area contributed by atoms with Gasteiger partial charge in [0.15, 0.2) is 9.84 Å². The zero-order valence-electron chi connectivity index (χ0n) is 10.3. The van der Waals surface area contributed by atoms with Gasteiger partial charge in [0.25, 0.3) is 0 Å². The largest absolute Gasteiger partial charge is 0.384 e. The monoisotopic (exact) mass is 247 g/mol. The first kappa shape index (κ1) is 15.4. The molecule has 0 bridgehead atoms. The molecule has 0 amide bonds. The molecule has 0 fully saturated rings. The van der Waals surface area contributed by atoms with Crippen molar-refractivity contribution < 1.29 is 13.2 Å². The summed E-state index contributed by atoms with van der Waals surface area (Å²) in [7, 11) is -1.49. The SMILES string of the molecule is COCCS(=O)(=O)CCCCC(C)(C)C#N. The number of hydrogen-bond acceptors (Lipinski definition) is 4. The third kappa shape index (κ3) is 7.66. The summed E-state index contributed by atoms with van der Waals surface area (Å²) in [6.07, 6.45) is 2.13. The number of hydrogen-bond donors (Lipinski definition) is 0. The number of rotatable bonds is 8. The van der Waals surface area contributed by atoms with E-state index in [0.29, 0.717) is 6.42 Å². The summed E-state index contributed by atoms with van der Waals surface area (Å²) in [6, 6.07) is 2.20. The number of methoxy groups -OCH3 is 1. The zero-order valence-corrected chi connectivity index (χ0v) is 11.1. The maximum Gasteiger partial charge on any atom is 0.152 e. The summed E-state index contributed by atoms with van der Waals surface area (Å²) in [6.45, 7) is 3.99. The first-order valence-electron chi connectivity index (χ1n) is 5.43. The van der Waals surface area contributed by atoms with Crippen molar-refractivity contribution in [3.8, 4) is 6.07 Å². The van der Waals surface area contributed by atoms with Gasteiger partial charge in [0.1, 0.15) is 0 Å². The van der Waals surface area contributed by atoms with E-state index in [4.69, 9.17) is 10.00 Å². The number of nitrogens with zero attached hydrogens (tertiary/aromatic N) is 1. The number of ether oxygens (including phenoxy) is 1. The second-order valence-electron chi connectivity index (χ2n) is 4.60. The highest BCUT2D eigenvalue weighted by atomic mass is 32.2. The molecule has 0 aliphatic carbocycles. The van der Waals surface area contributed by atoms with Gasteiger partial charge in [-0.2, -0.15) is 5.26 Å². The normalized spacial score (nSPS) is 12.4. The summed E-state index contributed by atoms with van der Waals surface area (Å²) < 4.78 is 27.6. The Morgan fingerprint density at radius 3 is 2.38 bits per heavy atom. The molecule has 0 spiro atoms. The summed E-state index contributed by atoms with van der Waals surface area (Å²) in [4.78, 5) is 0. The second-order valence-corrected chi connectivity index (χ2v) is 6.90. The van der Waals surface area contributed by atoms with Gasteiger partial charge in [-0.15, -0.1) is 0 Å². The van der Waals surface area contributed by atoms with E-state index in [1.54, 1.807) is 0 Å². The highest BCUT2D eigenvalue weighted by molar-refractivity contribution is 7.91. The molecule has 16 heavy (non-hydrogen) atoms. The van der Waals surface area contributed by atoms with E-state index < -0.39 is 9.84 Å². The minimum Gasteiger partial charge on any atom is -0.384 e. The molecule has 0 aromatic rings. The average molecular weight is 247 g/mol. The smallest absolute Gasteiger partial charge is 0.152 e. The molecule has 0 N–H and O–H groups in total. The zero-order chi connectivity index (χ0) is 12.7. The van der Waals surface area contributed by atoms with Crippen LogP contribution in [0.5, 0.6) is 0 Å². The van der Waals surface area contributed by atoms with Crippen molar-refractivity contribution >= 4 is 9.84 Å². The second kappa shape index (κ2) is 6.87. The standard InChI is InChI=1S/C11H21NO3S/c1-11(2,10-12)6-4-5-8-16(13,14)9-7-15-3/h4-9H2,1-3H3. The Labute approximate surface area is 98.5 Å². The Morgan fingerprint density at radius 1 is 1.25 bits per heavy atom. The summed E-state index contributed by atoms with van der Waals surface area (Å²) in [5.41, 5.74) is -0.351. The van der Waals surface area contributed by atoms with Crippen LogP contribution >= 0.6 is 0 Å². The molecular formula is C11H21NO3S. The Bertz CT molecular complexity index is 328. The van der Waals surface area contributed by atoms with Gasteiger partial charge in [-0.1, -0.05) is 6.42 Å². The van der Waals surface area contributed by atoms with E-state index >= 15 is 0 Å². The molecule has 0 radical (unpaired) electrons. The lowest BCUT2D eigenvalue weighted by Gasteiger charge is -2.14. The van der Waals surface area contributed by atoms with Crippen LogP contribution in [0.15, 0.2) is 0 Å². The molecule has 0 aliphatic rings. The van der Waals surface area contributed by atoms with Gasteiger partial charge in [-0.05, 0) is 26.7 Å². The predicted molar refractivity (Wildman–Crippen MR) is 63.8 cm³/mol.